The average Bonchev–Trinajstić information content (AvgIpc) is 3.26. The van der Waals surface area contributed by atoms with Gasteiger partial charge in [0.1, 0.15) is 0 Å². The topological polar surface area (TPSA) is 132 Å². The molecule has 2 heterocycles. The fourth-order valence-electron chi connectivity index (χ4n) is 3.01. The van der Waals surface area contributed by atoms with E-state index < -0.39 is 16.8 Å². The predicted molar refractivity (Wildman–Crippen MR) is 101 cm³/mol. The molecular formula is C19H13N3O7. The molecule has 10 nitrogen and oxygen atoms in total. The van der Waals surface area contributed by atoms with Crippen LogP contribution in [0.4, 0.5) is 11.4 Å². The summed E-state index contributed by atoms with van der Waals surface area (Å²) in [5.41, 5.74) is 0.687. The Morgan fingerprint density at radius 3 is 2.69 bits per heavy atom. The molecule has 146 valence electrons. The van der Waals surface area contributed by atoms with Crippen LogP contribution in [0, 0.1) is 10.1 Å². The molecule has 0 saturated carbocycles. The molecule has 2 aliphatic rings. The number of anilines is 1. The minimum absolute atomic E-state index is 0.00647. The van der Waals surface area contributed by atoms with Crippen LogP contribution < -0.4 is 14.5 Å². The number of rotatable bonds is 4. The number of fused-ring (bicyclic) bond motifs is 1. The van der Waals surface area contributed by atoms with Crippen LogP contribution >= 0.6 is 0 Å². The van der Waals surface area contributed by atoms with E-state index in [1.165, 1.54) is 36.4 Å². The van der Waals surface area contributed by atoms with Gasteiger partial charge in [0.05, 0.1) is 39.1 Å². The zero-order valence-electron chi connectivity index (χ0n) is 15.0. The number of amides is 1. The van der Waals surface area contributed by atoms with Crippen molar-refractivity contribution in [3.63, 3.8) is 0 Å². The smallest absolute Gasteiger partial charge is 0.335 e. The van der Waals surface area contributed by atoms with Gasteiger partial charge in [-0.1, -0.05) is 6.07 Å². The van der Waals surface area contributed by atoms with E-state index >= 15 is 0 Å². The number of hydrogen-bond acceptors (Lipinski definition) is 7. The van der Waals surface area contributed by atoms with Gasteiger partial charge >= 0.3 is 5.97 Å². The van der Waals surface area contributed by atoms with Crippen molar-refractivity contribution in [1.29, 1.82) is 0 Å². The number of hydrazone groups is 1. The van der Waals surface area contributed by atoms with Gasteiger partial charge in [-0.3, -0.25) is 14.9 Å². The summed E-state index contributed by atoms with van der Waals surface area (Å²) in [5, 5.41) is 25.8. The van der Waals surface area contributed by atoms with Crippen LogP contribution in [-0.2, 0) is 4.79 Å². The van der Waals surface area contributed by atoms with Crippen molar-refractivity contribution in [3.8, 4) is 11.5 Å². The number of aromatic carboxylic acids is 1. The van der Waals surface area contributed by atoms with Crippen LogP contribution in [0.3, 0.4) is 0 Å². The van der Waals surface area contributed by atoms with Crippen LogP contribution in [0.5, 0.6) is 11.5 Å². The Bertz CT molecular complexity index is 1140. The van der Waals surface area contributed by atoms with Gasteiger partial charge in [0.25, 0.3) is 11.6 Å². The maximum atomic E-state index is 12.9. The van der Waals surface area contributed by atoms with Crippen LogP contribution in [-0.4, -0.2) is 34.4 Å². The maximum Gasteiger partial charge on any atom is 0.335 e. The average molecular weight is 395 g/mol. The second-order valence-corrected chi connectivity index (χ2v) is 6.24. The van der Waals surface area contributed by atoms with E-state index in [0.717, 1.165) is 5.01 Å². The first-order valence-corrected chi connectivity index (χ1v) is 8.38. The lowest BCUT2D eigenvalue weighted by molar-refractivity contribution is -0.385. The van der Waals surface area contributed by atoms with Gasteiger partial charge in [0, 0.05) is 0 Å². The molecule has 2 aromatic rings. The van der Waals surface area contributed by atoms with E-state index in [-0.39, 0.29) is 40.6 Å². The molecular weight excluding hydrogens is 382 g/mol. The number of carboxylic acid groups (broad SMARTS) is 1. The van der Waals surface area contributed by atoms with Gasteiger partial charge < -0.3 is 14.6 Å². The highest BCUT2D eigenvalue weighted by Gasteiger charge is 2.31. The van der Waals surface area contributed by atoms with E-state index in [1.54, 1.807) is 13.0 Å². The molecule has 0 bridgehead atoms. The summed E-state index contributed by atoms with van der Waals surface area (Å²) in [6.45, 7) is 1.54. The molecule has 1 amide bonds. The van der Waals surface area contributed by atoms with Crippen molar-refractivity contribution in [2.75, 3.05) is 11.8 Å². The molecule has 0 aliphatic carbocycles. The Morgan fingerprint density at radius 2 is 2.00 bits per heavy atom. The Morgan fingerprint density at radius 1 is 1.28 bits per heavy atom. The highest BCUT2D eigenvalue weighted by Crippen LogP contribution is 2.39. The largest absolute Gasteiger partial charge is 0.478 e. The summed E-state index contributed by atoms with van der Waals surface area (Å²) in [6.07, 6.45) is 1.36. The molecule has 10 heteroatoms. The number of benzene rings is 2. The van der Waals surface area contributed by atoms with Crippen molar-refractivity contribution in [2.45, 2.75) is 6.92 Å². The zero-order valence-corrected chi connectivity index (χ0v) is 15.0. The molecule has 0 atom stereocenters. The molecule has 0 spiro atoms. The van der Waals surface area contributed by atoms with E-state index in [0.29, 0.717) is 11.5 Å². The third kappa shape index (κ3) is 3.16. The lowest BCUT2D eigenvalue weighted by Gasteiger charge is -2.12. The standard InChI is InChI=1S/C19H13N3O7/c1-10-14(6-12-7-16-17(29-9-28-16)8-15(12)22(26)27)18(23)21(20-10)13-4-2-3-11(5-13)19(24)25/h2-8H,9H2,1H3,(H,24,25)/b14-6+. The summed E-state index contributed by atoms with van der Waals surface area (Å²) in [6, 6.07) is 8.45. The second-order valence-electron chi connectivity index (χ2n) is 6.24. The van der Waals surface area contributed by atoms with Crippen molar-refractivity contribution >= 4 is 35.0 Å². The first kappa shape index (κ1) is 18.2. The fraction of sp³-hybridized carbons (Fsp3) is 0.105. The van der Waals surface area contributed by atoms with Crippen molar-refractivity contribution < 1.29 is 29.1 Å². The number of ether oxygens (including phenoxy) is 2. The SMILES string of the molecule is CC1=NN(c2cccc(C(=O)O)c2)C(=O)/C1=C/c1cc2c(cc1[N+](=O)[O-])OCO2. The fourth-order valence-corrected chi connectivity index (χ4v) is 3.01. The van der Waals surface area contributed by atoms with Crippen LogP contribution in [0.15, 0.2) is 47.1 Å². The lowest BCUT2D eigenvalue weighted by Crippen LogP contribution is -2.21. The van der Waals surface area contributed by atoms with E-state index in [9.17, 15) is 19.7 Å². The monoisotopic (exact) mass is 395 g/mol. The van der Waals surface area contributed by atoms with Crippen LogP contribution in [0.2, 0.25) is 0 Å². The maximum absolute atomic E-state index is 12.9. The van der Waals surface area contributed by atoms with Crippen molar-refractivity contribution in [2.24, 2.45) is 5.10 Å². The minimum atomic E-state index is -1.13. The second kappa shape index (κ2) is 6.75. The lowest BCUT2D eigenvalue weighted by atomic mass is 10.0. The third-order valence-corrected chi connectivity index (χ3v) is 4.42. The summed E-state index contributed by atoms with van der Waals surface area (Å²) >= 11 is 0. The van der Waals surface area contributed by atoms with E-state index in [1.807, 2.05) is 0 Å². The summed E-state index contributed by atoms with van der Waals surface area (Å²) in [5.74, 6) is -1.06. The van der Waals surface area contributed by atoms with E-state index in [4.69, 9.17) is 14.6 Å². The van der Waals surface area contributed by atoms with Gasteiger partial charge in [-0.25, -0.2) is 4.79 Å². The first-order chi connectivity index (χ1) is 13.8. The Hall–Kier alpha value is -4.21. The van der Waals surface area contributed by atoms with E-state index in [2.05, 4.69) is 5.10 Å². The number of hydrogen-bond donors (Lipinski definition) is 1. The molecule has 0 unspecified atom stereocenters. The highest BCUT2D eigenvalue weighted by atomic mass is 16.7. The van der Waals surface area contributed by atoms with Gasteiger partial charge in [0.15, 0.2) is 11.5 Å². The third-order valence-electron chi connectivity index (χ3n) is 4.42. The summed E-state index contributed by atoms with van der Waals surface area (Å²) < 4.78 is 10.4. The number of carboxylic acids is 1. The molecule has 1 N–H and O–H groups in total. The number of nitro benzene ring substituents is 1. The predicted octanol–water partition coefficient (Wildman–Crippen LogP) is 2.83. The Kier molecular flexibility index (Phi) is 4.23. The molecule has 2 aromatic carbocycles. The summed E-state index contributed by atoms with van der Waals surface area (Å²) in [4.78, 5) is 34.9. The van der Waals surface area contributed by atoms with Gasteiger partial charge in [-0.2, -0.15) is 10.1 Å². The number of carbonyl (C=O) groups excluding carboxylic acids is 1. The molecule has 0 radical (unpaired) electrons. The molecule has 0 aromatic heterocycles. The molecule has 0 saturated heterocycles. The molecule has 29 heavy (non-hydrogen) atoms. The number of carbonyl (C=O) groups is 2. The van der Waals surface area contributed by atoms with Gasteiger partial charge in [-0.05, 0) is 37.3 Å². The van der Waals surface area contributed by atoms with Crippen molar-refractivity contribution in [3.05, 3.63) is 63.2 Å². The van der Waals surface area contributed by atoms with Crippen molar-refractivity contribution in [1.82, 2.24) is 0 Å². The summed E-state index contributed by atoms with van der Waals surface area (Å²) in [7, 11) is 0. The minimum Gasteiger partial charge on any atom is -0.478 e. The first-order valence-electron chi connectivity index (χ1n) is 8.38. The normalized spacial score (nSPS) is 16.3. The number of nitrogens with zero attached hydrogens (tertiary/aromatic N) is 3. The molecule has 0 fully saturated rings. The number of nitro groups is 1. The quantitative estimate of drug-likeness (QED) is 0.478. The van der Waals surface area contributed by atoms with Gasteiger partial charge in [-0.15, -0.1) is 0 Å². The zero-order chi connectivity index (χ0) is 20.7. The molecule has 4 rings (SSSR count). The van der Waals surface area contributed by atoms with Gasteiger partial charge in [0.2, 0.25) is 6.79 Å². The Labute approximate surface area is 163 Å². The van der Waals surface area contributed by atoms with Crippen LogP contribution in [0.25, 0.3) is 6.08 Å². The van der Waals surface area contributed by atoms with Crippen LogP contribution in [0.1, 0.15) is 22.8 Å². The Balaban J connectivity index is 1.74. The molecule has 2 aliphatic heterocycles. The highest BCUT2D eigenvalue weighted by molar-refractivity contribution is 6.32.